The number of aromatic amines is 1. The van der Waals surface area contributed by atoms with E-state index in [1.165, 1.54) is 11.8 Å². The fourth-order valence-corrected chi connectivity index (χ4v) is 4.04. The van der Waals surface area contributed by atoms with E-state index in [1.54, 1.807) is 0 Å². The molecule has 3 aromatic rings. The van der Waals surface area contributed by atoms with Crippen LogP contribution in [0.4, 0.5) is 11.4 Å². The van der Waals surface area contributed by atoms with Crippen LogP contribution in [-0.2, 0) is 16.1 Å². The number of benzene rings is 2. The predicted molar refractivity (Wildman–Crippen MR) is 125 cm³/mol. The van der Waals surface area contributed by atoms with Crippen LogP contribution in [0.3, 0.4) is 0 Å². The number of nitrogens with one attached hydrogen (secondary N) is 2. The van der Waals surface area contributed by atoms with Crippen molar-refractivity contribution in [3.63, 3.8) is 0 Å². The maximum absolute atomic E-state index is 12.6. The van der Waals surface area contributed by atoms with E-state index >= 15 is 0 Å². The Kier molecular flexibility index (Phi) is 7.28. The second kappa shape index (κ2) is 10.5. The molecule has 9 heteroatoms. The first-order chi connectivity index (χ1) is 15.6. The van der Waals surface area contributed by atoms with Gasteiger partial charge in [0.25, 0.3) is 0 Å². The Hall–Kier alpha value is -3.04. The summed E-state index contributed by atoms with van der Waals surface area (Å²) >= 11 is 1.30. The van der Waals surface area contributed by atoms with Gasteiger partial charge in [0.15, 0.2) is 5.82 Å². The highest BCUT2D eigenvalue weighted by Crippen LogP contribution is 2.23. The van der Waals surface area contributed by atoms with Gasteiger partial charge in [-0.2, -0.15) is 0 Å². The highest BCUT2D eigenvalue weighted by Gasteiger charge is 2.18. The lowest BCUT2D eigenvalue weighted by Gasteiger charge is -2.28. The predicted octanol–water partition coefficient (Wildman–Crippen LogP) is 3.65. The van der Waals surface area contributed by atoms with E-state index < -0.39 is 0 Å². The van der Waals surface area contributed by atoms with Gasteiger partial charge in [0, 0.05) is 24.5 Å². The molecule has 0 saturated carbocycles. The van der Waals surface area contributed by atoms with Crippen molar-refractivity contribution >= 4 is 29.0 Å². The Bertz CT molecular complexity index is 1030. The molecule has 1 aliphatic heterocycles. The Morgan fingerprint density at radius 2 is 1.97 bits per heavy atom. The van der Waals surface area contributed by atoms with Crippen LogP contribution < -0.4 is 15.0 Å². The second-order valence-corrected chi connectivity index (χ2v) is 8.82. The number of anilines is 2. The number of amides is 1. The van der Waals surface area contributed by atoms with Crippen LogP contribution in [0.1, 0.15) is 18.3 Å². The largest absolute Gasteiger partial charge is 0.485 e. The van der Waals surface area contributed by atoms with Crippen LogP contribution in [0.2, 0.25) is 0 Å². The van der Waals surface area contributed by atoms with Crippen LogP contribution in [0.5, 0.6) is 5.75 Å². The molecule has 2 aromatic carbocycles. The molecule has 1 atom stereocenters. The maximum Gasteiger partial charge on any atom is 0.237 e. The maximum atomic E-state index is 12.6. The first-order valence-electron chi connectivity index (χ1n) is 10.6. The van der Waals surface area contributed by atoms with Crippen molar-refractivity contribution in [1.29, 1.82) is 0 Å². The van der Waals surface area contributed by atoms with Gasteiger partial charge in [0.05, 0.1) is 18.5 Å². The number of rotatable bonds is 8. The van der Waals surface area contributed by atoms with Crippen molar-refractivity contribution in [1.82, 2.24) is 15.2 Å². The zero-order valence-electron chi connectivity index (χ0n) is 18.2. The molecule has 168 valence electrons. The van der Waals surface area contributed by atoms with E-state index in [1.807, 2.05) is 62.4 Å². The second-order valence-electron chi connectivity index (χ2n) is 7.51. The smallest absolute Gasteiger partial charge is 0.237 e. The molecular formula is C23H27N5O3S. The molecular weight excluding hydrogens is 426 g/mol. The number of ether oxygens (including phenoxy) is 2. The average molecular weight is 454 g/mol. The summed E-state index contributed by atoms with van der Waals surface area (Å²) < 4.78 is 11.2. The number of hydrogen-bond donors (Lipinski definition) is 2. The van der Waals surface area contributed by atoms with E-state index in [2.05, 4.69) is 25.4 Å². The summed E-state index contributed by atoms with van der Waals surface area (Å²) in [6.45, 7) is 7.37. The first-order valence-corrected chi connectivity index (χ1v) is 11.5. The van der Waals surface area contributed by atoms with Crippen LogP contribution in [0, 0.1) is 6.92 Å². The molecule has 1 saturated heterocycles. The molecule has 2 heterocycles. The van der Waals surface area contributed by atoms with Gasteiger partial charge in [0.1, 0.15) is 12.4 Å². The molecule has 0 aliphatic carbocycles. The lowest BCUT2D eigenvalue weighted by atomic mass is 10.2. The number of para-hydroxylation sites is 1. The van der Waals surface area contributed by atoms with E-state index in [4.69, 9.17) is 9.47 Å². The molecule has 0 bridgehead atoms. The number of carbonyl (C=O) groups is 1. The van der Waals surface area contributed by atoms with Gasteiger partial charge in [-0.05, 0) is 49.7 Å². The lowest BCUT2D eigenvalue weighted by molar-refractivity contribution is -0.115. The highest BCUT2D eigenvalue weighted by molar-refractivity contribution is 8.00. The Morgan fingerprint density at radius 1 is 1.22 bits per heavy atom. The summed E-state index contributed by atoms with van der Waals surface area (Å²) in [5, 5.41) is 10.2. The minimum Gasteiger partial charge on any atom is -0.485 e. The van der Waals surface area contributed by atoms with Gasteiger partial charge in [-0.1, -0.05) is 30.0 Å². The molecule has 0 radical (unpaired) electrons. The third-order valence-electron chi connectivity index (χ3n) is 5.13. The van der Waals surface area contributed by atoms with Crippen LogP contribution in [0.15, 0.2) is 53.7 Å². The molecule has 1 aromatic heterocycles. The molecule has 8 nitrogen and oxygen atoms in total. The summed E-state index contributed by atoms with van der Waals surface area (Å²) in [5.41, 5.74) is 2.96. The Morgan fingerprint density at radius 3 is 2.72 bits per heavy atom. The first kappa shape index (κ1) is 22.2. The SMILES string of the molecule is Cc1ccccc1OCc1nc(S[C@@H](C)C(=O)Nc2ccc(N3CCOCC3)cc2)n[nH]1. The van der Waals surface area contributed by atoms with Crippen LogP contribution in [0.25, 0.3) is 0 Å². The van der Waals surface area contributed by atoms with Crippen molar-refractivity contribution in [3.8, 4) is 5.75 Å². The normalized spacial score (nSPS) is 14.8. The topological polar surface area (TPSA) is 92.4 Å². The fraction of sp³-hybridized carbons (Fsp3) is 0.348. The molecule has 0 spiro atoms. The highest BCUT2D eigenvalue weighted by atomic mass is 32.2. The number of carbonyl (C=O) groups excluding carboxylic acids is 1. The van der Waals surface area contributed by atoms with Gasteiger partial charge in [-0.3, -0.25) is 9.89 Å². The zero-order chi connectivity index (χ0) is 22.3. The Labute approximate surface area is 191 Å². The molecule has 1 fully saturated rings. The Balaban J connectivity index is 1.27. The van der Waals surface area contributed by atoms with E-state index in [0.717, 1.165) is 49.0 Å². The van der Waals surface area contributed by atoms with Gasteiger partial charge in [-0.15, -0.1) is 5.10 Å². The molecule has 2 N–H and O–H groups in total. The fourth-order valence-electron chi connectivity index (χ4n) is 3.29. The lowest BCUT2D eigenvalue weighted by Crippen LogP contribution is -2.36. The number of hydrogen-bond acceptors (Lipinski definition) is 7. The van der Waals surface area contributed by atoms with Crippen molar-refractivity contribution < 1.29 is 14.3 Å². The minimum absolute atomic E-state index is 0.100. The standard InChI is InChI=1S/C23H27N5O3S/c1-16-5-3-4-6-20(16)31-15-21-25-23(27-26-21)32-17(2)22(29)24-18-7-9-19(10-8-18)28-11-13-30-14-12-28/h3-10,17H,11-15H2,1-2H3,(H,24,29)(H,25,26,27)/t17-/m0/s1. The van der Waals surface area contributed by atoms with Crippen molar-refractivity contribution in [3.05, 3.63) is 59.9 Å². The van der Waals surface area contributed by atoms with E-state index in [-0.39, 0.29) is 17.8 Å². The summed E-state index contributed by atoms with van der Waals surface area (Å²) in [6.07, 6.45) is 0. The van der Waals surface area contributed by atoms with Crippen molar-refractivity contribution in [2.24, 2.45) is 0 Å². The van der Waals surface area contributed by atoms with Crippen LogP contribution in [-0.4, -0.2) is 52.6 Å². The number of morpholine rings is 1. The van der Waals surface area contributed by atoms with E-state index in [0.29, 0.717) is 11.0 Å². The quantitative estimate of drug-likeness (QED) is 0.503. The third-order valence-corrected chi connectivity index (χ3v) is 6.09. The minimum atomic E-state index is -0.352. The number of aromatic nitrogens is 3. The summed E-state index contributed by atoms with van der Waals surface area (Å²) in [6, 6.07) is 15.7. The molecule has 0 unspecified atom stereocenters. The molecule has 1 amide bonds. The van der Waals surface area contributed by atoms with Crippen molar-refractivity contribution in [2.45, 2.75) is 30.9 Å². The monoisotopic (exact) mass is 453 g/mol. The van der Waals surface area contributed by atoms with Gasteiger partial charge in [0.2, 0.25) is 11.1 Å². The van der Waals surface area contributed by atoms with Crippen LogP contribution >= 0.6 is 11.8 Å². The van der Waals surface area contributed by atoms with Crippen molar-refractivity contribution in [2.75, 3.05) is 36.5 Å². The van der Waals surface area contributed by atoms with Gasteiger partial charge >= 0.3 is 0 Å². The summed E-state index contributed by atoms with van der Waals surface area (Å²) in [5.74, 6) is 1.32. The number of thioether (sulfide) groups is 1. The number of nitrogens with zero attached hydrogens (tertiary/aromatic N) is 3. The third kappa shape index (κ3) is 5.80. The van der Waals surface area contributed by atoms with E-state index in [9.17, 15) is 4.79 Å². The van der Waals surface area contributed by atoms with Gasteiger partial charge in [-0.25, -0.2) is 4.98 Å². The number of aryl methyl sites for hydroxylation is 1. The van der Waals surface area contributed by atoms with Gasteiger partial charge < -0.3 is 19.7 Å². The molecule has 1 aliphatic rings. The zero-order valence-corrected chi connectivity index (χ0v) is 19.0. The number of H-pyrrole nitrogens is 1. The average Bonchev–Trinajstić information content (AvgIpc) is 3.27. The summed E-state index contributed by atoms with van der Waals surface area (Å²) in [7, 11) is 0. The molecule has 32 heavy (non-hydrogen) atoms. The summed E-state index contributed by atoms with van der Waals surface area (Å²) in [4.78, 5) is 19.3. The molecule has 4 rings (SSSR count).